The lowest BCUT2D eigenvalue weighted by atomic mass is 10.2. The van der Waals surface area contributed by atoms with E-state index in [1.165, 1.54) is 6.07 Å². The maximum Gasteiger partial charge on any atom is 0.419 e. The number of alkyl halides is 3. The Morgan fingerprint density at radius 3 is 2.50 bits per heavy atom. The van der Waals surface area contributed by atoms with Crippen LogP contribution in [0.5, 0.6) is 0 Å². The summed E-state index contributed by atoms with van der Waals surface area (Å²) in [7, 11) is 0. The molecule has 0 bridgehead atoms. The molecule has 2 rings (SSSR count). The SMILES string of the molecule is CCCNC(=O)NC(=O)C[NH+]1CCN(c2ccc(C(F)(F)F)c[nH+]2)CC1. The number of amides is 3. The number of rotatable bonds is 5. The van der Waals surface area contributed by atoms with Crippen molar-refractivity contribution in [3.05, 3.63) is 23.9 Å². The van der Waals surface area contributed by atoms with Crippen LogP contribution < -0.4 is 25.4 Å². The number of hydrogen-bond donors (Lipinski definition) is 3. The number of carbonyl (C=O) groups is 2. The van der Waals surface area contributed by atoms with Gasteiger partial charge in [0, 0.05) is 12.6 Å². The lowest BCUT2D eigenvalue weighted by Crippen LogP contribution is -3.16. The van der Waals surface area contributed by atoms with Gasteiger partial charge in [-0.2, -0.15) is 13.2 Å². The zero-order valence-electron chi connectivity index (χ0n) is 14.6. The quantitative estimate of drug-likeness (QED) is 0.647. The van der Waals surface area contributed by atoms with Crippen LogP contribution in [0.4, 0.5) is 23.8 Å². The highest BCUT2D eigenvalue weighted by atomic mass is 19.4. The molecule has 0 aromatic carbocycles. The summed E-state index contributed by atoms with van der Waals surface area (Å²) < 4.78 is 37.8. The number of hydrogen-bond acceptors (Lipinski definition) is 3. The number of nitrogens with one attached hydrogen (secondary N) is 4. The average molecular weight is 375 g/mol. The standard InChI is InChI=1S/C16H22F3N5O2/c1-2-5-20-15(26)22-14(25)11-23-6-8-24(9-7-23)13-4-3-12(10-21-13)16(17,18)19/h3-4,10H,2,5-9,11H2,1H3,(H2,20,22,25,26)/p+2. The molecule has 4 N–H and O–H groups in total. The molecule has 0 atom stereocenters. The Kier molecular flexibility index (Phi) is 6.78. The number of H-pyrrole nitrogens is 1. The van der Waals surface area contributed by atoms with E-state index in [4.69, 9.17) is 0 Å². The van der Waals surface area contributed by atoms with Gasteiger partial charge in [0.1, 0.15) is 32.4 Å². The van der Waals surface area contributed by atoms with Crippen molar-refractivity contribution < 1.29 is 32.6 Å². The Bertz CT molecular complexity index is 613. The first-order chi connectivity index (χ1) is 12.3. The van der Waals surface area contributed by atoms with Gasteiger partial charge in [-0.1, -0.05) is 6.92 Å². The van der Waals surface area contributed by atoms with E-state index >= 15 is 0 Å². The van der Waals surface area contributed by atoms with Crippen molar-refractivity contribution >= 4 is 17.8 Å². The zero-order valence-corrected chi connectivity index (χ0v) is 14.6. The third kappa shape index (κ3) is 5.87. The molecule has 1 aromatic heterocycles. The highest BCUT2D eigenvalue weighted by Gasteiger charge is 2.33. The first-order valence-electron chi connectivity index (χ1n) is 8.54. The largest absolute Gasteiger partial charge is 0.419 e. The van der Waals surface area contributed by atoms with Gasteiger partial charge in [0.25, 0.3) is 11.7 Å². The van der Waals surface area contributed by atoms with Crippen LogP contribution in [0.15, 0.2) is 18.3 Å². The fraction of sp³-hybridized carbons (Fsp3) is 0.562. The molecule has 1 fully saturated rings. The smallest absolute Gasteiger partial charge is 0.338 e. The lowest BCUT2D eigenvalue weighted by molar-refractivity contribution is -0.892. The highest BCUT2D eigenvalue weighted by Crippen LogP contribution is 2.28. The highest BCUT2D eigenvalue weighted by molar-refractivity contribution is 5.94. The van der Waals surface area contributed by atoms with Crippen molar-refractivity contribution in [3.63, 3.8) is 0 Å². The number of pyridine rings is 1. The number of aromatic amines is 1. The second kappa shape index (κ2) is 8.84. The third-order valence-corrected chi connectivity index (χ3v) is 4.13. The summed E-state index contributed by atoms with van der Waals surface area (Å²) in [6.07, 6.45) is -2.62. The summed E-state index contributed by atoms with van der Waals surface area (Å²) in [5, 5.41) is 4.86. The molecule has 1 saturated heterocycles. The molecule has 10 heteroatoms. The molecule has 2 heterocycles. The minimum Gasteiger partial charge on any atom is -0.338 e. The Labute approximate surface area is 149 Å². The monoisotopic (exact) mass is 375 g/mol. The molecular formula is C16H24F3N5O2+2. The number of aromatic nitrogens is 1. The summed E-state index contributed by atoms with van der Waals surface area (Å²) in [4.78, 5) is 28.9. The van der Waals surface area contributed by atoms with Gasteiger partial charge in [-0.05, 0) is 12.5 Å². The first kappa shape index (κ1) is 20.0. The van der Waals surface area contributed by atoms with Crippen molar-refractivity contribution in [2.75, 3.05) is 44.2 Å². The number of carbonyl (C=O) groups excluding carboxylic acids is 2. The van der Waals surface area contributed by atoms with Crippen LogP contribution in [0.3, 0.4) is 0 Å². The molecular weight excluding hydrogens is 351 g/mol. The minimum absolute atomic E-state index is 0.185. The molecule has 1 aliphatic heterocycles. The van der Waals surface area contributed by atoms with Gasteiger partial charge in [-0.25, -0.2) is 9.78 Å². The van der Waals surface area contributed by atoms with E-state index in [0.717, 1.165) is 23.6 Å². The number of piperazine rings is 1. The first-order valence-corrected chi connectivity index (χ1v) is 8.54. The summed E-state index contributed by atoms with van der Waals surface area (Å²) in [5.41, 5.74) is -0.719. The van der Waals surface area contributed by atoms with Crippen LogP contribution in [0.1, 0.15) is 18.9 Å². The van der Waals surface area contributed by atoms with Crippen LogP contribution in [-0.2, 0) is 11.0 Å². The van der Waals surface area contributed by atoms with Crippen LogP contribution in [0.2, 0.25) is 0 Å². The molecule has 0 saturated carbocycles. The molecule has 3 amide bonds. The fourth-order valence-corrected chi connectivity index (χ4v) is 2.71. The molecule has 7 nitrogen and oxygen atoms in total. The number of quaternary nitrogens is 1. The van der Waals surface area contributed by atoms with E-state index in [2.05, 4.69) is 15.6 Å². The molecule has 1 aliphatic rings. The average Bonchev–Trinajstić information content (AvgIpc) is 2.60. The van der Waals surface area contributed by atoms with E-state index in [-0.39, 0.29) is 12.5 Å². The van der Waals surface area contributed by atoms with Gasteiger partial charge < -0.3 is 10.2 Å². The van der Waals surface area contributed by atoms with Crippen LogP contribution in [-0.4, -0.2) is 51.2 Å². The molecule has 26 heavy (non-hydrogen) atoms. The second-order valence-corrected chi connectivity index (χ2v) is 6.18. The van der Waals surface area contributed by atoms with E-state index < -0.39 is 17.8 Å². The summed E-state index contributed by atoms with van der Waals surface area (Å²) in [5.74, 6) is 0.267. The molecule has 1 aromatic rings. The molecule has 0 radical (unpaired) electrons. The van der Waals surface area contributed by atoms with Gasteiger partial charge in [-0.15, -0.1) is 0 Å². The van der Waals surface area contributed by atoms with E-state index in [0.29, 0.717) is 38.5 Å². The predicted octanol–water partition coefficient (Wildman–Crippen LogP) is -0.540. The topological polar surface area (TPSA) is 80.0 Å². The van der Waals surface area contributed by atoms with Crippen LogP contribution in [0, 0.1) is 0 Å². The van der Waals surface area contributed by atoms with Gasteiger partial charge >= 0.3 is 12.2 Å². The van der Waals surface area contributed by atoms with E-state index in [9.17, 15) is 22.8 Å². The Morgan fingerprint density at radius 1 is 1.27 bits per heavy atom. The molecule has 144 valence electrons. The van der Waals surface area contributed by atoms with Crippen molar-refractivity contribution in [2.45, 2.75) is 19.5 Å². The zero-order chi connectivity index (χ0) is 19.2. The number of halogens is 3. The maximum atomic E-state index is 12.6. The van der Waals surface area contributed by atoms with Crippen molar-refractivity contribution in [2.24, 2.45) is 0 Å². The van der Waals surface area contributed by atoms with Gasteiger partial charge in [0.2, 0.25) is 0 Å². The van der Waals surface area contributed by atoms with Crippen molar-refractivity contribution in [1.29, 1.82) is 0 Å². The number of nitrogens with zero attached hydrogens (tertiary/aromatic N) is 1. The predicted molar refractivity (Wildman–Crippen MR) is 87.6 cm³/mol. The van der Waals surface area contributed by atoms with Crippen LogP contribution >= 0.6 is 0 Å². The number of anilines is 1. The minimum atomic E-state index is -4.37. The third-order valence-electron chi connectivity index (χ3n) is 4.13. The van der Waals surface area contributed by atoms with Crippen LogP contribution in [0.25, 0.3) is 0 Å². The lowest BCUT2D eigenvalue weighted by Gasteiger charge is -2.27. The van der Waals surface area contributed by atoms with Crippen molar-refractivity contribution in [3.8, 4) is 0 Å². The molecule has 0 unspecified atom stereocenters. The fourth-order valence-electron chi connectivity index (χ4n) is 2.71. The summed E-state index contributed by atoms with van der Waals surface area (Å²) in [6, 6.07) is 1.97. The van der Waals surface area contributed by atoms with Gasteiger partial charge in [0.05, 0.1) is 5.56 Å². The summed E-state index contributed by atoms with van der Waals surface area (Å²) >= 11 is 0. The van der Waals surface area contributed by atoms with E-state index in [1.54, 1.807) is 0 Å². The van der Waals surface area contributed by atoms with Gasteiger partial charge in [0.15, 0.2) is 6.54 Å². The molecule has 0 spiro atoms. The number of imide groups is 1. The van der Waals surface area contributed by atoms with Crippen molar-refractivity contribution in [1.82, 2.24) is 10.6 Å². The maximum absolute atomic E-state index is 12.6. The normalized spacial score (nSPS) is 15.6. The Morgan fingerprint density at radius 2 is 1.96 bits per heavy atom. The van der Waals surface area contributed by atoms with Gasteiger partial charge in [-0.3, -0.25) is 15.0 Å². The van der Waals surface area contributed by atoms with E-state index in [1.807, 2.05) is 11.8 Å². The number of urea groups is 1. The molecule has 0 aliphatic carbocycles. The Hall–Kier alpha value is -2.36. The Balaban J connectivity index is 1.78. The second-order valence-electron chi connectivity index (χ2n) is 6.18. The summed E-state index contributed by atoms with van der Waals surface area (Å²) in [6.45, 7) is 5.12.